The Balaban J connectivity index is 2.86. The number of sulfonamides is 1. The fourth-order valence-electron chi connectivity index (χ4n) is 1.30. The zero-order valence-corrected chi connectivity index (χ0v) is 12.3. The molecule has 1 rings (SSSR count). The fourth-order valence-corrected chi connectivity index (χ4v) is 3.02. The monoisotopic (exact) mass is 320 g/mol. The van der Waals surface area contributed by atoms with Crippen LogP contribution in [0.3, 0.4) is 0 Å². The Morgan fingerprint density at radius 1 is 1.41 bits per heavy atom. The van der Waals surface area contributed by atoms with Crippen molar-refractivity contribution in [2.45, 2.75) is 25.2 Å². The van der Waals surface area contributed by atoms with Crippen LogP contribution in [0.5, 0.6) is 0 Å². The van der Waals surface area contributed by atoms with E-state index < -0.39 is 10.0 Å². The smallest absolute Gasteiger partial charge is 0.242 e. The molecule has 1 aromatic carbocycles. The Labute approximate surface area is 111 Å². The van der Waals surface area contributed by atoms with E-state index in [1.807, 2.05) is 13.8 Å². The largest absolute Gasteiger partial charge is 0.398 e. The number of nitrogens with one attached hydrogen (secondary N) is 1. The summed E-state index contributed by atoms with van der Waals surface area (Å²) in [6.45, 7) is 4.51. The van der Waals surface area contributed by atoms with Crippen molar-refractivity contribution in [2.75, 3.05) is 12.3 Å². The quantitative estimate of drug-likeness (QED) is 0.818. The van der Waals surface area contributed by atoms with Crippen LogP contribution in [0.15, 0.2) is 27.6 Å². The number of anilines is 1. The highest BCUT2D eigenvalue weighted by atomic mass is 79.9. The summed E-state index contributed by atoms with van der Waals surface area (Å²) < 4.78 is 27.2. The molecule has 0 aromatic heterocycles. The van der Waals surface area contributed by atoms with Gasteiger partial charge in [0.1, 0.15) is 4.90 Å². The van der Waals surface area contributed by atoms with Crippen LogP contribution in [-0.2, 0) is 10.0 Å². The second-order valence-corrected chi connectivity index (χ2v) is 6.91. The maximum atomic E-state index is 12.0. The van der Waals surface area contributed by atoms with E-state index >= 15 is 0 Å². The van der Waals surface area contributed by atoms with Gasteiger partial charge in [-0.15, -0.1) is 0 Å². The van der Waals surface area contributed by atoms with Crippen LogP contribution in [0.25, 0.3) is 0 Å². The highest BCUT2D eigenvalue weighted by Gasteiger charge is 2.17. The van der Waals surface area contributed by atoms with Crippen molar-refractivity contribution in [2.24, 2.45) is 5.92 Å². The maximum Gasteiger partial charge on any atom is 0.242 e. The Kier molecular flexibility index (Phi) is 4.97. The predicted molar refractivity (Wildman–Crippen MR) is 73.2 cm³/mol. The van der Waals surface area contributed by atoms with Gasteiger partial charge in [0, 0.05) is 11.0 Å². The van der Waals surface area contributed by atoms with Gasteiger partial charge >= 0.3 is 0 Å². The average Bonchev–Trinajstić information content (AvgIpc) is 2.20. The van der Waals surface area contributed by atoms with E-state index in [1.54, 1.807) is 12.1 Å². The lowest BCUT2D eigenvalue weighted by atomic mass is 10.1. The van der Waals surface area contributed by atoms with Crippen molar-refractivity contribution in [1.82, 2.24) is 4.72 Å². The Hall–Kier alpha value is -0.590. The summed E-state index contributed by atoms with van der Waals surface area (Å²) in [4.78, 5) is 0.121. The van der Waals surface area contributed by atoms with E-state index in [4.69, 9.17) is 5.73 Å². The number of hydrogen-bond donors (Lipinski definition) is 2. The summed E-state index contributed by atoms with van der Waals surface area (Å²) in [5.74, 6) is 0.456. The number of hydrogen-bond acceptors (Lipinski definition) is 3. The summed E-state index contributed by atoms with van der Waals surface area (Å²) >= 11 is 3.23. The SMILES string of the molecule is CC(C)CCNS(=O)(=O)c1cc(Br)ccc1N. The van der Waals surface area contributed by atoms with E-state index in [0.29, 0.717) is 16.9 Å². The van der Waals surface area contributed by atoms with Crippen molar-refractivity contribution in [3.8, 4) is 0 Å². The number of nitrogens with two attached hydrogens (primary N) is 1. The summed E-state index contributed by atoms with van der Waals surface area (Å²) in [6.07, 6.45) is 0.799. The van der Waals surface area contributed by atoms with Gasteiger partial charge in [-0.05, 0) is 30.5 Å². The minimum atomic E-state index is -3.51. The van der Waals surface area contributed by atoms with Crippen LogP contribution in [0.4, 0.5) is 5.69 Å². The zero-order valence-electron chi connectivity index (χ0n) is 9.90. The first-order chi connectivity index (χ1) is 7.83. The lowest BCUT2D eigenvalue weighted by Crippen LogP contribution is -2.26. The lowest BCUT2D eigenvalue weighted by molar-refractivity contribution is 0.552. The zero-order chi connectivity index (χ0) is 13.1. The molecule has 0 bridgehead atoms. The molecular formula is C11H17BrN2O2S. The average molecular weight is 321 g/mol. The van der Waals surface area contributed by atoms with E-state index in [9.17, 15) is 8.42 Å². The third-order valence-electron chi connectivity index (χ3n) is 2.28. The molecule has 0 heterocycles. The minimum absolute atomic E-state index is 0.121. The number of rotatable bonds is 5. The molecule has 96 valence electrons. The molecule has 0 atom stereocenters. The third kappa shape index (κ3) is 4.29. The van der Waals surface area contributed by atoms with Crippen LogP contribution >= 0.6 is 15.9 Å². The number of halogens is 1. The molecule has 3 N–H and O–H groups in total. The topological polar surface area (TPSA) is 72.2 Å². The third-order valence-corrected chi connectivity index (χ3v) is 4.29. The van der Waals surface area contributed by atoms with Crippen molar-refractivity contribution in [3.63, 3.8) is 0 Å². The highest BCUT2D eigenvalue weighted by Crippen LogP contribution is 2.22. The predicted octanol–water partition coefficient (Wildman–Crippen LogP) is 2.36. The second kappa shape index (κ2) is 5.84. The van der Waals surface area contributed by atoms with Gasteiger partial charge in [0.2, 0.25) is 10.0 Å². The van der Waals surface area contributed by atoms with E-state index in [0.717, 1.165) is 6.42 Å². The molecule has 17 heavy (non-hydrogen) atoms. The van der Waals surface area contributed by atoms with E-state index in [-0.39, 0.29) is 10.6 Å². The lowest BCUT2D eigenvalue weighted by Gasteiger charge is -2.10. The van der Waals surface area contributed by atoms with Gasteiger partial charge in [-0.3, -0.25) is 0 Å². The molecule has 6 heteroatoms. The molecule has 0 aliphatic carbocycles. The first-order valence-electron chi connectivity index (χ1n) is 5.37. The van der Waals surface area contributed by atoms with Gasteiger partial charge in [-0.2, -0.15) is 0 Å². The molecule has 0 saturated heterocycles. The van der Waals surface area contributed by atoms with Gasteiger partial charge in [-0.1, -0.05) is 29.8 Å². The molecule has 0 fully saturated rings. The first-order valence-corrected chi connectivity index (χ1v) is 7.65. The molecule has 1 aromatic rings. The molecule has 0 spiro atoms. The first kappa shape index (κ1) is 14.5. The highest BCUT2D eigenvalue weighted by molar-refractivity contribution is 9.10. The summed E-state index contributed by atoms with van der Waals surface area (Å²) in [5, 5.41) is 0. The van der Waals surface area contributed by atoms with Gasteiger partial charge in [0.05, 0.1) is 5.69 Å². The minimum Gasteiger partial charge on any atom is -0.398 e. The van der Waals surface area contributed by atoms with Crippen molar-refractivity contribution >= 4 is 31.6 Å². The normalized spacial score (nSPS) is 12.0. The molecule has 0 aliphatic heterocycles. The van der Waals surface area contributed by atoms with Gasteiger partial charge in [-0.25, -0.2) is 13.1 Å². The van der Waals surface area contributed by atoms with Crippen LogP contribution < -0.4 is 10.5 Å². The summed E-state index contributed by atoms with van der Waals surface area (Å²) in [6, 6.07) is 4.79. The van der Waals surface area contributed by atoms with Crippen LogP contribution in [0.2, 0.25) is 0 Å². The van der Waals surface area contributed by atoms with Gasteiger partial charge in [0.25, 0.3) is 0 Å². The molecule has 0 radical (unpaired) electrons. The molecule has 0 amide bonds. The Bertz CT molecular complexity index is 486. The van der Waals surface area contributed by atoms with Crippen molar-refractivity contribution < 1.29 is 8.42 Å². The molecule has 0 aliphatic rings. The van der Waals surface area contributed by atoms with E-state index in [1.165, 1.54) is 6.07 Å². The van der Waals surface area contributed by atoms with Gasteiger partial charge < -0.3 is 5.73 Å². The summed E-state index contributed by atoms with van der Waals surface area (Å²) in [5.41, 5.74) is 5.92. The Morgan fingerprint density at radius 2 is 2.06 bits per heavy atom. The van der Waals surface area contributed by atoms with Gasteiger partial charge in [0.15, 0.2) is 0 Å². The van der Waals surface area contributed by atoms with Crippen LogP contribution in [-0.4, -0.2) is 15.0 Å². The number of nitrogen functional groups attached to an aromatic ring is 1. The van der Waals surface area contributed by atoms with Crippen LogP contribution in [0, 0.1) is 5.92 Å². The fraction of sp³-hybridized carbons (Fsp3) is 0.455. The summed E-state index contributed by atoms with van der Waals surface area (Å²) in [7, 11) is -3.51. The standard InChI is InChI=1S/C11H17BrN2O2S/c1-8(2)5-6-14-17(15,16)11-7-9(12)3-4-10(11)13/h3-4,7-8,14H,5-6,13H2,1-2H3. The second-order valence-electron chi connectivity index (χ2n) is 4.26. The number of benzene rings is 1. The molecule has 0 saturated carbocycles. The Morgan fingerprint density at radius 3 is 2.65 bits per heavy atom. The van der Waals surface area contributed by atoms with Crippen molar-refractivity contribution in [1.29, 1.82) is 0 Å². The molecule has 0 unspecified atom stereocenters. The van der Waals surface area contributed by atoms with Crippen molar-refractivity contribution in [3.05, 3.63) is 22.7 Å². The van der Waals surface area contributed by atoms with E-state index in [2.05, 4.69) is 20.7 Å². The van der Waals surface area contributed by atoms with Crippen LogP contribution in [0.1, 0.15) is 20.3 Å². The molecule has 4 nitrogen and oxygen atoms in total. The maximum absolute atomic E-state index is 12.0. The molecular weight excluding hydrogens is 304 g/mol.